The molecule has 156 valence electrons. The Morgan fingerprint density at radius 1 is 0.903 bits per heavy atom. The van der Waals surface area contributed by atoms with Crippen LogP contribution in [0.2, 0.25) is 5.02 Å². The van der Waals surface area contributed by atoms with Crippen LogP contribution in [0.3, 0.4) is 0 Å². The molecular formula is C24H17ClFNO3S. The molecule has 0 aliphatic carbocycles. The number of benzene rings is 3. The number of hydrogen-bond donors (Lipinski definition) is 0. The van der Waals surface area contributed by atoms with E-state index in [0.29, 0.717) is 33.5 Å². The van der Waals surface area contributed by atoms with Gasteiger partial charge in [-0.15, -0.1) is 0 Å². The SMILES string of the molecule is CCOc1ccc(C2=C(Sc3ccc(Cl)cc3)C(=O)N(c3ccc(F)cc3)C2=O)cc1. The Labute approximate surface area is 188 Å². The van der Waals surface area contributed by atoms with Crippen LogP contribution < -0.4 is 9.64 Å². The molecule has 3 aromatic rings. The second-order valence-corrected chi connectivity index (χ2v) is 8.16. The van der Waals surface area contributed by atoms with Crippen molar-refractivity contribution < 1.29 is 18.7 Å². The van der Waals surface area contributed by atoms with Crippen molar-refractivity contribution in [3.05, 3.63) is 94.1 Å². The number of hydrogen-bond acceptors (Lipinski definition) is 4. The van der Waals surface area contributed by atoms with Crippen molar-refractivity contribution in [2.45, 2.75) is 11.8 Å². The second-order valence-electron chi connectivity index (χ2n) is 6.64. The fourth-order valence-electron chi connectivity index (χ4n) is 3.19. The minimum absolute atomic E-state index is 0.289. The summed E-state index contributed by atoms with van der Waals surface area (Å²) in [4.78, 5) is 28.8. The van der Waals surface area contributed by atoms with Crippen molar-refractivity contribution in [1.29, 1.82) is 0 Å². The van der Waals surface area contributed by atoms with Crippen molar-refractivity contribution in [2.24, 2.45) is 0 Å². The minimum atomic E-state index is -0.461. The molecule has 1 aliphatic heterocycles. The highest BCUT2D eigenvalue weighted by molar-refractivity contribution is 8.04. The lowest BCUT2D eigenvalue weighted by Crippen LogP contribution is -2.31. The average Bonchev–Trinajstić information content (AvgIpc) is 3.01. The monoisotopic (exact) mass is 453 g/mol. The normalized spacial score (nSPS) is 13.8. The summed E-state index contributed by atoms with van der Waals surface area (Å²) in [5, 5.41) is 0.576. The Hall–Kier alpha value is -3.09. The van der Waals surface area contributed by atoms with Crippen LogP contribution >= 0.6 is 23.4 Å². The molecule has 2 amide bonds. The largest absolute Gasteiger partial charge is 0.494 e. The zero-order chi connectivity index (χ0) is 22.0. The number of carbonyl (C=O) groups is 2. The number of nitrogens with zero attached hydrogens (tertiary/aromatic N) is 1. The van der Waals surface area contributed by atoms with E-state index in [2.05, 4.69) is 0 Å². The maximum Gasteiger partial charge on any atom is 0.272 e. The Bertz CT molecular complexity index is 1160. The number of halogens is 2. The summed E-state index contributed by atoms with van der Waals surface area (Å²) in [5.74, 6) is -0.693. The lowest BCUT2D eigenvalue weighted by atomic mass is 10.1. The first-order valence-electron chi connectivity index (χ1n) is 9.53. The molecule has 31 heavy (non-hydrogen) atoms. The molecule has 1 aliphatic rings. The number of thioether (sulfide) groups is 1. The van der Waals surface area contributed by atoms with Crippen LogP contribution in [-0.4, -0.2) is 18.4 Å². The molecule has 0 spiro atoms. The van der Waals surface area contributed by atoms with Crippen LogP contribution in [0.25, 0.3) is 5.57 Å². The van der Waals surface area contributed by atoms with Crippen LogP contribution in [0.1, 0.15) is 12.5 Å². The maximum atomic E-state index is 13.4. The first-order chi connectivity index (χ1) is 15.0. The molecule has 3 aromatic carbocycles. The third kappa shape index (κ3) is 4.36. The fourth-order valence-corrected chi connectivity index (χ4v) is 4.31. The van der Waals surface area contributed by atoms with E-state index in [0.717, 1.165) is 9.80 Å². The Balaban J connectivity index is 1.78. The van der Waals surface area contributed by atoms with E-state index in [-0.39, 0.29) is 5.57 Å². The van der Waals surface area contributed by atoms with Gasteiger partial charge in [0.15, 0.2) is 0 Å². The van der Waals surface area contributed by atoms with Crippen LogP contribution in [-0.2, 0) is 9.59 Å². The van der Waals surface area contributed by atoms with E-state index in [1.54, 1.807) is 48.5 Å². The molecule has 4 rings (SSSR count). The number of carbonyl (C=O) groups excluding carboxylic acids is 2. The van der Waals surface area contributed by atoms with Gasteiger partial charge in [0.2, 0.25) is 0 Å². The molecule has 0 fully saturated rings. The van der Waals surface area contributed by atoms with Gasteiger partial charge in [-0.25, -0.2) is 9.29 Å². The topological polar surface area (TPSA) is 46.6 Å². The van der Waals surface area contributed by atoms with Gasteiger partial charge in [-0.2, -0.15) is 0 Å². The molecule has 1 heterocycles. The van der Waals surface area contributed by atoms with Gasteiger partial charge >= 0.3 is 0 Å². The summed E-state index contributed by atoms with van der Waals surface area (Å²) in [6, 6.07) is 19.3. The third-order valence-corrected chi connectivity index (χ3v) is 5.96. The minimum Gasteiger partial charge on any atom is -0.494 e. The second kappa shape index (κ2) is 8.96. The van der Waals surface area contributed by atoms with Gasteiger partial charge in [0.1, 0.15) is 11.6 Å². The molecule has 4 nitrogen and oxygen atoms in total. The predicted molar refractivity (Wildman–Crippen MR) is 121 cm³/mol. The van der Waals surface area contributed by atoms with E-state index in [4.69, 9.17) is 16.3 Å². The van der Waals surface area contributed by atoms with Gasteiger partial charge < -0.3 is 4.74 Å². The molecule has 0 aromatic heterocycles. The number of ether oxygens (including phenoxy) is 1. The highest BCUT2D eigenvalue weighted by Gasteiger charge is 2.40. The van der Waals surface area contributed by atoms with E-state index >= 15 is 0 Å². The number of rotatable bonds is 6. The summed E-state index contributed by atoms with van der Waals surface area (Å²) in [7, 11) is 0. The van der Waals surface area contributed by atoms with Gasteiger partial charge in [0.05, 0.1) is 22.8 Å². The van der Waals surface area contributed by atoms with E-state index in [9.17, 15) is 14.0 Å². The highest BCUT2D eigenvalue weighted by atomic mass is 35.5. The summed E-state index contributed by atoms with van der Waals surface area (Å²) in [6.07, 6.45) is 0. The summed E-state index contributed by atoms with van der Waals surface area (Å²) in [5.41, 5.74) is 1.20. The van der Waals surface area contributed by atoms with Gasteiger partial charge in [0, 0.05) is 9.92 Å². The molecule has 0 bridgehead atoms. The first kappa shape index (κ1) is 21.2. The number of anilines is 1. The van der Waals surface area contributed by atoms with Crippen molar-refractivity contribution >= 4 is 46.4 Å². The smallest absolute Gasteiger partial charge is 0.272 e. The van der Waals surface area contributed by atoms with E-state index < -0.39 is 17.6 Å². The molecule has 7 heteroatoms. The molecule has 0 atom stereocenters. The lowest BCUT2D eigenvalue weighted by molar-refractivity contribution is -0.119. The van der Waals surface area contributed by atoms with Gasteiger partial charge in [-0.1, -0.05) is 35.5 Å². The van der Waals surface area contributed by atoms with Crippen molar-refractivity contribution in [2.75, 3.05) is 11.5 Å². The van der Waals surface area contributed by atoms with Crippen molar-refractivity contribution in [3.63, 3.8) is 0 Å². The molecule has 0 unspecified atom stereocenters. The van der Waals surface area contributed by atoms with E-state index in [1.165, 1.54) is 36.0 Å². The maximum absolute atomic E-state index is 13.4. The average molecular weight is 454 g/mol. The number of imide groups is 1. The lowest BCUT2D eigenvalue weighted by Gasteiger charge is -2.15. The fraction of sp³-hybridized carbons (Fsp3) is 0.0833. The molecule has 0 saturated carbocycles. The summed E-state index contributed by atoms with van der Waals surface area (Å²) >= 11 is 7.16. The Morgan fingerprint density at radius 3 is 2.16 bits per heavy atom. The van der Waals surface area contributed by atoms with Crippen molar-refractivity contribution in [3.8, 4) is 5.75 Å². The standard InChI is InChI=1S/C24H17ClFNO3S/c1-2-30-19-11-3-15(4-12-19)21-22(31-20-13-5-16(25)6-14-20)24(29)27(23(21)28)18-9-7-17(26)8-10-18/h3-14H,2H2,1H3. The van der Waals surface area contributed by atoms with Crippen molar-refractivity contribution in [1.82, 2.24) is 0 Å². The van der Waals surface area contributed by atoms with Crippen LogP contribution in [0, 0.1) is 5.82 Å². The Kier molecular flexibility index (Phi) is 6.11. The summed E-state index contributed by atoms with van der Waals surface area (Å²) < 4.78 is 18.9. The molecule has 0 saturated heterocycles. The number of amides is 2. The third-order valence-electron chi connectivity index (χ3n) is 4.61. The molecular weight excluding hydrogens is 437 g/mol. The quantitative estimate of drug-likeness (QED) is 0.432. The van der Waals surface area contributed by atoms with Gasteiger partial charge in [-0.05, 0) is 73.2 Å². The highest BCUT2D eigenvalue weighted by Crippen LogP contribution is 2.41. The van der Waals surface area contributed by atoms with Crippen LogP contribution in [0.4, 0.5) is 10.1 Å². The molecule has 0 N–H and O–H groups in total. The zero-order valence-corrected chi connectivity index (χ0v) is 18.0. The summed E-state index contributed by atoms with van der Waals surface area (Å²) in [6.45, 7) is 2.41. The zero-order valence-electron chi connectivity index (χ0n) is 16.5. The van der Waals surface area contributed by atoms with Gasteiger partial charge in [0.25, 0.3) is 11.8 Å². The van der Waals surface area contributed by atoms with E-state index in [1.807, 2.05) is 6.92 Å². The Morgan fingerprint density at radius 2 is 1.55 bits per heavy atom. The molecule has 0 radical (unpaired) electrons. The van der Waals surface area contributed by atoms with Crippen LogP contribution in [0.5, 0.6) is 5.75 Å². The van der Waals surface area contributed by atoms with Gasteiger partial charge in [-0.3, -0.25) is 9.59 Å². The first-order valence-corrected chi connectivity index (χ1v) is 10.7. The van der Waals surface area contributed by atoms with Crippen LogP contribution in [0.15, 0.2) is 82.6 Å². The predicted octanol–water partition coefficient (Wildman–Crippen LogP) is 5.95.